The van der Waals surface area contributed by atoms with E-state index in [1.54, 1.807) is 0 Å². The van der Waals surface area contributed by atoms with Crippen molar-refractivity contribution in [1.82, 2.24) is 0 Å². The maximum absolute atomic E-state index is 7.33. The van der Waals surface area contributed by atoms with E-state index >= 15 is 0 Å². The molecule has 0 aliphatic heterocycles. The van der Waals surface area contributed by atoms with Gasteiger partial charge in [0, 0.05) is 21.7 Å². The van der Waals surface area contributed by atoms with Gasteiger partial charge in [0.15, 0.2) is 0 Å². The van der Waals surface area contributed by atoms with Crippen LogP contribution in [0.15, 0.2) is 0 Å². The van der Waals surface area contributed by atoms with E-state index < -0.39 is 9.05 Å². The van der Waals surface area contributed by atoms with Crippen molar-refractivity contribution in [3.05, 3.63) is 0 Å². The first-order valence-corrected chi connectivity index (χ1v) is 2.68. The minimum atomic E-state index is -4.61. The van der Waals surface area contributed by atoms with Crippen molar-refractivity contribution >= 4 is 57.9 Å². The summed E-state index contributed by atoms with van der Waals surface area (Å²) < 4.78 is 0. The van der Waals surface area contributed by atoms with Gasteiger partial charge in [0.2, 0.25) is 0 Å². The molecule has 0 atom stereocenters. The van der Waals surface area contributed by atoms with Gasteiger partial charge in [0.05, 0.1) is 0 Å². The van der Waals surface area contributed by atoms with Crippen LogP contribution in [0.25, 0.3) is 0 Å². The van der Waals surface area contributed by atoms with E-state index in [1.165, 1.54) is 0 Å². The third-order valence-electron chi connectivity index (χ3n) is 0. The molecule has 0 aromatic carbocycles. The fourth-order valence-electron chi connectivity index (χ4n) is 0. The summed E-state index contributed by atoms with van der Waals surface area (Å²) in [4.78, 5) is 29.3. The maximum Gasteiger partial charge on any atom is 0 e. The predicted octanol–water partition coefficient (Wildman–Crippen LogP) is -3.53. The molecule has 0 amide bonds. The van der Waals surface area contributed by atoms with Crippen molar-refractivity contribution in [2.45, 2.75) is 0 Å². The van der Waals surface area contributed by atoms with Crippen LogP contribution in [-0.2, 0) is 21.7 Å². The standard InChI is InChI=1S/Ba.H4O4Si.Ti.2H/c;1-5(2,3)4;;;/h;1-4H;;;. The second-order valence-corrected chi connectivity index (χ2v) is 1.80. The van der Waals surface area contributed by atoms with Crippen LogP contribution < -0.4 is 0 Å². The summed E-state index contributed by atoms with van der Waals surface area (Å²) in [5, 5.41) is 0. The molecule has 0 aliphatic carbocycles. The van der Waals surface area contributed by atoms with Crippen LogP contribution in [0, 0.1) is 0 Å². The fourth-order valence-corrected chi connectivity index (χ4v) is 0. The minimum Gasteiger partial charge on any atom is 0 e. The fraction of sp³-hybridized carbons (Fsp3) is 0. The Kier molecular flexibility index (Phi) is 14.9. The normalized spacial score (nSPS) is 8.57. The van der Waals surface area contributed by atoms with Crippen molar-refractivity contribution < 1.29 is 40.9 Å². The molecular weight excluding hydrogens is 277 g/mol. The largest absolute Gasteiger partial charge is 0 e. The van der Waals surface area contributed by atoms with Gasteiger partial charge < -0.3 is 19.2 Å². The molecule has 0 aromatic rings. The first-order valence-electron chi connectivity index (χ1n) is 0.894. The maximum atomic E-state index is 7.33. The molecule has 0 radical (unpaired) electrons. The summed E-state index contributed by atoms with van der Waals surface area (Å²) in [5.41, 5.74) is 0. The van der Waals surface area contributed by atoms with E-state index in [-0.39, 0.29) is 70.6 Å². The predicted molar refractivity (Wildman–Crippen MR) is 23.2 cm³/mol. The Morgan fingerprint density at radius 2 is 0.857 bits per heavy atom. The van der Waals surface area contributed by atoms with Gasteiger partial charge in [-0.1, -0.05) is 0 Å². The Morgan fingerprint density at radius 3 is 0.857 bits per heavy atom. The topological polar surface area (TPSA) is 80.9 Å². The molecule has 0 spiro atoms. The van der Waals surface area contributed by atoms with Gasteiger partial charge in [-0.15, -0.1) is 0 Å². The monoisotopic (exact) mass is 284 g/mol. The molecular formula is H6BaO4SiTi. The first-order chi connectivity index (χ1) is 2.00. The van der Waals surface area contributed by atoms with Crippen LogP contribution in [0.3, 0.4) is 0 Å². The van der Waals surface area contributed by atoms with Gasteiger partial charge in [-0.2, -0.15) is 0 Å². The first kappa shape index (κ1) is 16.2. The Morgan fingerprint density at radius 1 is 0.857 bits per heavy atom. The molecule has 0 unspecified atom stereocenters. The van der Waals surface area contributed by atoms with E-state index in [4.69, 9.17) is 19.2 Å². The van der Waals surface area contributed by atoms with E-state index in [1.807, 2.05) is 0 Å². The quantitative estimate of drug-likeness (QED) is 0.347. The van der Waals surface area contributed by atoms with Gasteiger partial charge in [-0.3, -0.25) is 0 Å². The van der Waals surface area contributed by atoms with Crippen LogP contribution in [0.2, 0.25) is 0 Å². The Bertz CT molecular complexity index is 27.2. The summed E-state index contributed by atoms with van der Waals surface area (Å²) in [6, 6.07) is 0. The van der Waals surface area contributed by atoms with Gasteiger partial charge in [0.1, 0.15) is 0 Å². The average molecular weight is 283 g/mol. The van der Waals surface area contributed by atoms with Crippen LogP contribution >= 0.6 is 0 Å². The Hall–Kier alpha value is 2.34. The zero-order chi connectivity index (χ0) is 4.50. The van der Waals surface area contributed by atoms with Gasteiger partial charge in [0.25, 0.3) is 0 Å². The van der Waals surface area contributed by atoms with Gasteiger partial charge >= 0.3 is 57.9 Å². The molecule has 4 N–H and O–H groups in total. The Balaban J connectivity index is -0.0000000800. The minimum absolute atomic E-state index is 0. The van der Waals surface area contributed by atoms with Crippen molar-refractivity contribution in [3.63, 3.8) is 0 Å². The van der Waals surface area contributed by atoms with Crippen LogP contribution in [0.1, 0.15) is 0 Å². The molecule has 4 nitrogen and oxygen atoms in total. The van der Waals surface area contributed by atoms with Gasteiger partial charge in [-0.25, -0.2) is 0 Å². The van der Waals surface area contributed by atoms with E-state index in [0.717, 1.165) is 0 Å². The second kappa shape index (κ2) is 6.46. The average Bonchev–Trinajstić information content (AvgIpc) is 0.722. The number of hydrogen-bond acceptors (Lipinski definition) is 4. The van der Waals surface area contributed by atoms with Gasteiger partial charge in [-0.05, 0) is 0 Å². The number of hydrogen-bond donors (Lipinski definition) is 4. The van der Waals surface area contributed by atoms with E-state index in [2.05, 4.69) is 0 Å². The van der Waals surface area contributed by atoms with E-state index in [9.17, 15) is 0 Å². The van der Waals surface area contributed by atoms with Crippen molar-refractivity contribution in [2.24, 2.45) is 0 Å². The summed E-state index contributed by atoms with van der Waals surface area (Å²) in [6.45, 7) is 0. The molecule has 0 rings (SSSR count). The summed E-state index contributed by atoms with van der Waals surface area (Å²) in [5.74, 6) is 0. The summed E-state index contributed by atoms with van der Waals surface area (Å²) >= 11 is 0. The molecule has 7 heavy (non-hydrogen) atoms. The third kappa shape index (κ3) is 61.2. The molecule has 0 fully saturated rings. The molecule has 0 aromatic heterocycles. The molecule has 0 aliphatic rings. The van der Waals surface area contributed by atoms with Crippen LogP contribution in [-0.4, -0.2) is 77.1 Å². The van der Waals surface area contributed by atoms with Crippen LogP contribution in [0.4, 0.5) is 0 Å². The van der Waals surface area contributed by atoms with Crippen molar-refractivity contribution in [1.29, 1.82) is 0 Å². The molecule has 0 saturated heterocycles. The molecule has 0 bridgehead atoms. The zero-order valence-electron chi connectivity index (χ0n) is 2.79. The van der Waals surface area contributed by atoms with E-state index in [0.29, 0.717) is 0 Å². The Labute approximate surface area is 97.0 Å². The van der Waals surface area contributed by atoms with Crippen molar-refractivity contribution in [3.8, 4) is 0 Å². The molecule has 40 valence electrons. The molecule has 7 heteroatoms. The number of rotatable bonds is 0. The zero-order valence-corrected chi connectivity index (χ0v) is 5.35. The molecule has 0 saturated carbocycles. The third-order valence-corrected chi connectivity index (χ3v) is 0. The second-order valence-electron chi connectivity index (χ2n) is 0.600. The SMILES string of the molecule is O[Si](O)(O)O.[BaH2].[Ti]. The van der Waals surface area contributed by atoms with Crippen LogP contribution in [0.5, 0.6) is 0 Å². The summed E-state index contributed by atoms with van der Waals surface area (Å²) in [6.07, 6.45) is 0. The summed E-state index contributed by atoms with van der Waals surface area (Å²) in [7, 11) is -4.61. The smallest absolute Gasteiger partial charge is 0 e. The van der Waals surface area contributed by atoms with Crippen molar-refractivity contribution in [2.75, 3.05) is 0 Å². The molecule has 0 heterocycles.